The van der Waals surface area contributed by atoms with Gasteiger partial charge < -0.3 is 9.88 Å². The van der Waals surface area contributed by atoms with Crippen LogP contribution in [0.25, 0.3) is 0 Å². The predicted molar refractivity (Wildman–Crippen MR) is 82.6 cm³/mol. The lowest BCUT2D eigenvalue weighted by Gasteiger charge is -2.40. The summed E-state index contributed by atoms with van der Waals surface area (Å²) in [5.74, 6) is 0.762. The molecule has 3 rings (SSSR count). The third-order valence-corrected chi connectivity index (χ3v) is 4.26. The summed E-state index contributed by atoms with van der Waals surface area (Å²) in [5, 5.41) is 3.94. The minimum absolute atomic E-state index is 0.0311. The molecule has 1 saturated heterocycles. The highest BCUT2D eigenvalue weighted by Crippen LogP contribution is 2.22. The Morgan fingerprint density at radius 1 is 1.43 bits per heavy atom. The molecule has 9 heteroatoms. The maximum absolute atomic E-state index is 12.5. The number of aromatic amines is 1. The number of nitrogens with zero attached hydrogens (tertiary/aromatic N) is 6. The van der Waals surface area contributed by atoms with Crippen molar-refractivity contribution in [2.24, 2.45) is 7.05 Å². The molecule has 1 fully saturated rings. The van der Waals surface area contributed by atoms with Gasteiger partial charge in [0.25, 0.3) is 0 Å². The second-order valence-corrected chi connectivity index (χ2v) is 5.64. The van der Waals surface area contributed by atoms with Gasteiger partial charge in [-0.15, -0.1) is 0 Å². The molecule has 124 valence electrons. The van der Waals surface area contributed by atoms with Crippen LogP contribution in [0.15, 0.2) is 23.5 Å². The number of nitrogens with one attached hydrogen (secondary N) is 1. The first kappa shape index (κ1) is 15.5. The third-order valence-electron chi connectivity index (χ3n) is 4.26. The van der Waals surface area contributed by atoms with E-state index in [0.29, 0.717) is 13.1 Å². The summed E-state index contributed by atoms with van der Waals surface area (Å²) in [6.07, 6.45) is 4.92. The number of carbonyl (C=O) groups is 1. The van der Waals surface area contributed by atoms with Crippen LogP contribution in [0.4, 0.5) is 0 Å². The van der Waals surface area contributed by atoms with Crippen molar-refractivity contribution in [3.8, 4) is 0 Å². The molecule has 2 aromatic heterocycles. The maximum atomic E-state index is 12.5. The van der Waals surface area contributed by atoms with Crippen LogP contribution in [0.5, 0.6) is 0 Å². The summed E-state index contributed by atoms with van der Waals surface area (Å²) in [7, 11) is 1.61. The molecule has 9 nitrogen and oxygen atoms in total. The predicted octanol–water partition coefficient (Wildman–Crippen LogP) is -0.790. The number of piperazine rings is 1. The zero-order valence-corrected chi connectivity index (χ0v) is 13.3. The molecule has 0 aliphatic carbocycles. The van der Waals surface area contributed by atoms with Gasteiger partial charge in [-0.25, -0.2) is 14.5 Å². The molecule has 1 N–H and O–H groups in total. The van der Waals surface area contributed by atoms with E-state index in [4.69, 9.17) is 0 Å². The van der Waals surface area contributed by atoms with Crippen molar-refractivity contribution in [1.82, 2.24) is 34.1 Å². The van der Waals surface area contributed by atoms with Gasteiger partial charge in [0.2, 0.25) is 5.91 Å². The van der Waals surface area contributed by atoms with Gasteiger partial charge in [0.1, 0.15) is 18.7 Å². The molecule has 2 aromatic rings. The Kier molecular flexibility index (Phi) is 4.28. The molecule has 3 heterocycles. The highest BCUT2D eigenvalue weighted by atomic mass is 16.2. The number of amides is 1. The van der Waals surface area contributed by atoms with Crippen molar-refractivity contribution < 1.29 is 4.79 Å². The van der Waals surface area contributed by atoms with Crippen LogP contribution >= 0.6 is 0 Å². The number of hydrogen-bond acceptors (Lipinski definition) is 5. The van der Waals surface area contributed by atoms with E-state index in [-0.39, 0.29) is 24.2 Å². The zero-order valence-electron chi connectivity index (χ0n) is 13.3. The fourth-order valence-electron chi connectivity index (χ4n) is 2.90. The first-order valence-corrected chi connectivity index (χ1v) is 7.69. The normalized spacial score (nSPS) is 19.2. The molecule has 1 aliphatic rings. The Morgan fingerprint density at radius 2 is 2.26 bits per heavy atom. The molecule has 1 aliphatic heterocycles. The molecular weight excluding hydrogens is 298 g/mol. The Hall–Kier alpha value is -2.42. The average Bonchev–Trinajstić information content (AvgIpc) is 3.20. The molecule has 0 unspecified atom stereocenters. The molecule has 0 aromatic carbocycles. The second kappa shape index (κ2) is 6.37. The Morgan fingerprint density at radius 3 is 2.87 bits per heavy atom. The largest absolute Gasteiger partial charge is 0.347 e. The van der Waals surface area contributed by atoms with Crippen molar-refractivity contribution >= 4 is 5.91 Å². The van der Waals surface area contributed by atoms with Crippen LogP contribution in [0, 0.1) is 0 Å². The average molecular weight is 319 g/mol. The highest BCUT2D eigenvalue weighted by molar-refractivity contribution is 5.76. The number of H-pyrrole nitrogens is 1. The topological polar surface area (TPSA) is 92.1 Å². The van der Waals surface area contributed by atoms with Crippen LogP contribution in [0.1, 0.15) is 18.8 Å². The van der Waals surface area contributed by atoms with E-state index in [1.807, 2.05) is 0 Å². The van der Waals surface area contributed by atoms with E-state index in [2.05, 4.69) is 26.9 Å². The maximum Gasteiger partial charge on any atom is 0.345 e. The third kappa shape index (κ3) is 3.04. The van der Waals surface area contributed by atoms with Crippen molar-refractivity contribution in [2.45, 2.75) is 19.5 Å². The van der Waals surface area contributed by atoms with Crippen LogP contribution in [-0.4, -0.2) is 66.2 Å². The minimum atomic E-state index is -0.284. The first-order valence-electron chi connectivity index (χ1n) is 7.69. The molecule has 0 spiro atoms. The molecule has 1 amide bonds. The van der Waals surface area contributed by atoms with E-state index >= 15 is 0 Å². The van der Waals surface area contributed by atoms with Gasteiger partial charge in [-0.05, 0) is 6.54 Å². The number of likely N-dealkylation sites (N-methyl/N-ethyl adjacent to an activating group) is 1. The highest BCUT2D eigenvalue weighted by Gasteiger charge is 2.31. The molecule has 1 atom stereocenters. The molecule has 0 saturated carbocycles. The number of aryl methyl sites for hydroxylation is 1. The van der Waals surface area contributed by atoms with Gasteiger partial charge in [0, 0.05) is 39.1 Å². The van der Waals surface area contributed by atoms with Crippen molar-refractivity contribution in [3.05, 3.63) is 35.0 Å². The van der Waals surface area contributed by atoms with Crippen LogP contribution in [0.2, 0.25) is 0 Å². The van der Waals surface area contributed by atoms with E-state index in [9.17, 15) is 9.59 Å². The first-order chi connectivity index (χ1) is 11.1. The SMILES string of the molecule is CCN1CCN(C(=O)Cn2ncn(C)c2=O)C[C@@H]1c1ncc[nH]1. The van der Waals surface area contributed by atoms with E-state index in [1.165, 1.54) is 15.6 Å². The Labute approximate surface area is 133 Å². The van der Waals surface area contributed by atoms with Crippen molar-refractivity contribution in [2.75, 3.05) is 26.2 Å². The smallest absolute Gasteiger partial charge is 0.345 e. The fraction of sp³-hybridized carbons (Fsp3) is 0.571. The van der Waals surface area contributed by atoms with Crippen molar-refractivity contribution in [1.29, 1.82) is 0 Å². The van der Waals surface area contributed by atoms with Gasteiger partial charge in [-0.3, -0.25) is 14.3 Å². The summed E-state index contributed by atoms with van der Waals surface area (Å²) in [6.45, 7) is 4.95. The lowest BCUT2D eigenvalue weighted by Crippen LogP contribution is -2.51. The fourth-order valence-corrected chi connectivity index (χ4v) is 2.90. The summed E-state index contributed by atoms with van der Waals surface area (Å²) >= 11 is 0. The summed E-state index contributed by atoms with van der Waals surface area (Å²) in [6, 6.07) is 0.0492. The molecule has 23 heavy (non-hydrogen) atoms. The summed E-state index contributed by atoms with van der Waals surface area (Å²) < 4.78 is 2.55. The van der Waals surface area contributed by atoms with Gasteiger partial charge in [0.05, 0.1) is 6.04 Å². The quantitative estimate of drug-likeness (QED) is 0.797. The number of rotatable bonds is 4. The van der Waals surface area contributed by atoms with E-state index in [1.54, 1.807) is 24.3 Å². The Bertz CT molecular complexity index is 718. The van der Waals surface area contributed by atoms with E-state index in [0.717, 1.165) is 18.9 Å². The zero-order chi connectivity index (χ0) is 16.4. The van der Waals surface area contributed by atoms with Crippen molar-refractivity contribution in [3.63, 3.8) is 0 Å². The number of imidazole rings is 1. The second-order valence-electron chi connectivity index (χ2n) is 5.64. The lowest BCUT2D eigenvalue weighted by atomic mass is 10.1. The van der Waals surface area contributed by atoms with Gasteiger partial charge in [-0.1, -0.05) is 6.92 Å². The van der Waals surface area contributed by atoms with Crippen LogP contribution in [0.3, 0.4) is 0 Å². The summed E-state index contributed by atoms with van der Waals surface area (Å²) in [5.41, 5.74) is -0.284. The minimum Gasteiger partial charge on any atom is -0.347 e. The summed E-state index contributed by atoms with van der Waals surface area (Å²) in [4.78, 5) is 35.8. The van der Waals surface area contributed by atoms with Gasteiger partial charge in [0.15, 0.2) is 0 Å². The Balaban J connectivity index is 1.72. The monoisotopic (exact) mass is 319 g/mol. The molecule has 0 bridgehead atoms. The standard InChI is InChI=1S/C14H21N7O2/c1-3-19-6-7-20(8-11(19)13-15-4-5-16-13)12(22)9-21-14(23)18(2)10-17-21/h4-5,10-11H,3,6-9H2,1-2H3,(H,15,16)/t11-/m1/s1. The lowest BCUT2D eigenvalue weighted by molar-refractivity contribution is -0.135. The van der Waals surface area contributed by atoms with Crippen LogP contribution < -0.4 is 5.69 Å². The molecular formula is C14H21N7O2. The van der Waals surface area contributed by atoms with Gasteiger partial charge >= 0.3 is 5.69 Å². The number of carbonyl (C=O) groups excluding carboxylic acids is 1. The number of hydrogen-bond donors (Lipinski definition) is 1. The molecule has 0 radical (unpaired) electrons. The van der Waals surface area contributed by atoms with Gasteiger partial charge in [-0.2, -0.15) is 5.10 Å². The number of aromatic nitrogens is 5. The van der Waals surface area contributed by atoms with Crippen LogP contribution in [-0.2, 0) is 18.4 Å². The van der Waals surface area contributed by atoms with E-state index < -0.39 is 0 Å².